The van der Waals surface area contributed by atoms with Crippen molar-refractivity contribution in [1.82, 2.24) is 14.1 Å². The van der Waals surface area contributed by atoms with Crippen molar-refractivity contribution in [3.05, 3.63) is 61.4 Å². The Labute approximate surface area is 180 Å². The molecule has 9 nitrogen and oxygen atoms in total. The van der Waals surface area contributed by atoms with Crippen LogP contribution in [0.3, 0.4) is 0 Å². The van der Waals surface area contributed by atoms with Gasteiger partial charge in [-0.3, -0.25) is 23.7 Å². The smallest absolute Gasteiger partial charge is 0.332 e. The Morgan fingerprint density at radius 2 is 2.00 bits per heavy atom. The minimum Gasteiger partial charge on any atom is -0.384 e. The molecule has 3 N–H and O–H groups in total. The molecule has 0 saturated carbocycles. The van der Waals surface area contributed by atoms with E-state index in [4.69, 9.17) is 5.73 Å². The van der Waals surface area contributed by atoms with Crippen LogP contribution in [-0.4, -0.2) is 32.8 Å². The highest BCUT2D eigenvalue weighted by molar-refractivity contribution is 7.14. The van der Waals surface area contributed by atoms with Crippen LogP contribution in [0.1, 0.15) is 17.5 Å². The fourth-order valence-electron chi connectivity index (χ4n) is 2.94. The molecule has 2 aromatic heterocycles. The molecule has 0 aliphatic carbocycles. The topological polar surface area (TPSA) is 124 Å². The summed E-state index contributed by atoms with van der Waals surface area (Å²) in [7, 11) is 4.19. The normalized spacial score (nSPS) is 11.6. The van der Waals surface area contributed by atoms with Gasteiger partial charge in [0.05, 0.1) is 17.8 Å². The molecule has 0 atom stereocenters. The molecule has 0 bridgehead atoms. The van der Waals surface area contributed by atoms with Crippen molar-refractivity contribution in [3.8, 4) is 11.3 Å². The van der Waals surface area contributed by atoms with Crippen molar-refractivity contribution >= 4 is 33.9 Å². The number of anilines is 2. The number of nitrogens with two attached hydrogens (primary N) is 1. The van der Waals surface area contributed by atoms with Gasteiger partial charge in [-0.15, -0.1) is 11.3 Å². The molecule has 11 heteroatoms. The Morgan fingerprint density at radius 3 is 2.65 bits per heavy atom. The van der Waals surface area contributed by atoms with Crippen LogP contribution in [0.15, 0.2) is 38.2 Å². The highest BCUT2D eigenvalue weighted by Gasteiger charge is 2.21. The maximum absolute atomic E-state index is 13.8. The number of nitrogens with zero attached hydrogens (tertiary/aromatic N) is 4. The molecule has 2 heterocycles. The van der Waals surface area contributed by atoms with Crippen molar-refractivity contribution in [2.45, 2.75) is 13.3 Å². The molecule has 1 aromatic carbocycles. The first-order valence-corrected chi connectivity index (χ1v) is 10.1. The second-order valence-electron chi connectivity index (χ2n) is 6.86. The lowest BCUT2D eigenvalue weighted by molar-refractivity contribution is -0.115. The van der Waals surface area contributed by atoms with Gasteiger partial charge in [0.2, 0.25) is 5.91 Å². The number of nitrogen functional groups attached to an aromatic ring is 1. The van der Waals surface area contributed by atoms with Crippen LogP contribution in [0, 0.1) is 12.7 Å². The third-order valence-corrected chi connectivity index (χ3v) is 5.57. The Bertz CT molecular complexity index is 1320. The van der Waals surface area contributed by atoms with Gasteiger partial charge in [-0.05, 0) is 18.6 Å². The van der Waals surface area contributed by atoms with E-state index in [1.54, 1.807) is 24.4 Å². The minimum absolute atomic E-state index is 0.00258. The van der Waals surface area contributed by atoms with E-state index in [9.17, 15) is 18.8 Å². The fraction of sp³-hybridized carbons (Fsp3) is 0.250. The lowest BCUT2D eigenvalue weighted by Crippen LogP contribution is -2.42. The minimum atomic E-state index is -0.632. The summed E-state index contributed by atoms with van der Waals surface area (Å²) in [5.74, 6) is -0.873. The number of rotatable bonds is 5. The zero-order valence-corrected chi connectivity index (χ0v) is 18.2. The summed E-state index contributed by atoms with van der Waals surface area (Å²) in [5.41, 5.74) is 6.53. The number of benzene rings is 1. The second kappa shape index (κ2) is 8.64. The summed E-state index contributed by atoms with van der Waals surface area (Å²) in [4.78, 5) is 45.4. The zero-order valence-electron chi connectivity index (χ0n) is 17.4. The highest BCUT2D eigenvalue weighted by atomic mass is 32.1. The Kier molecular flexibility index (Phi) is 6.16. The van der Waals surface area contributed by atoms with Crippen LogP contribution < -0.4 is 22.3 Å². The molecule has 0 radical (unpaired) electrons. The summed E-state index contributed by atoms with van der Waals surface area (Å²) in [6.45, 7) is 1.67. The fourth-order valence-corrected chi connectivity index (χ4v) is 3.68. The maximum Gasteiger partial charge on any atom is 0.332 e. The van der Waals surface area contributed by atoms with E-state index in [-0.39, 0.29) is 29.3 Å². The molecule has 0 spiro atoms. The second-order valence-corrected chi connectivity index (χ2v) is 7.72. The first-order chi connectivity index (χ1) is 14.6. The van der Waals surface area contributed by atoms with Crippen molar-refractivity contribution in [3.63, 3.8) is 0 Å². The van der Waals surface area contributed by atoms with E-state index in [1.165, 1.54) is 38.5 Å². The van der Waals surface area contributed by atoms with Crippen LogP contribution in [0.5, 0.6) is 0 Å². The molecule has 0 saturated heterocycles. The number of aryl methyl sites for hydroxylation is 1. The SMILES string of the molecule is CN=C(CC(=O)Nc1nc(-c2ccc(C)c(F)c2)cs1)c1c(N)n(C)c(=O)n(C)c1=O. The third-order valence-electron chi connectivity index (χ3n) is 4.81. The number of hydrogen-bond acceptors (Lipinski definition) is 7. The molecular formula is C20H21FN6O3S. The number of carbonyl (C=O) groups is 1. The van der Waals surface area contributed by atoms with Crippen LogP contribution in [-0.2, 0) is 18.9 Å². The highest BCUT2D eigenvalue weighted by Crippen LogP contribution is 2.26. The standard InChI is InChI=1S/C20H21FN6O3S/c1-10-5-6-11(7-12(10)21)14-9-31-19(24-14)25-15(28)8-13(23-2)16-17(22)26(3)20(30)27(4)18(16)29/h5-7,9H,8,22H2,1-4H3,(H,24,25,28). The maximum atomic E-state index is 13.8. The zero-order chi connectivity index (χ0) is 22.9. The molecule has 3 aromatic rings. The average molecular weight is 444 g/mol. The van der Waals surface area contributed by atoms with E-state index in [0.29, 0.717) is 22.0 Å². The summed E-state index contributed by atoms with van der Waals surface area (Å²) in [6, 6.07) is 4.79. The average Bonchev–Trinajstić information content (AvgIpc) is 3.20. The van der Waals surface area contributed by atoms with Crippen molar-refractivity contribution in [2.24, 2.45) is 19.1 Å². The number of halogens is 1. The number of amides is 1. The van der Waals surface area contributed by atoms with Crippen LogP contribution >= 0.6 is 11.3 Å². The van der Waals surface area contributed by atoms with Crippen molar-refractivity contribution in [1.29, 1.82) is 0 Å². The van der Waals surface area contributed by atoms with Gasteiger partial charge >= 0.3 is 5.69 Å². The van der Waals surface area contributed by atoms with Crippen LogP contribution in [0.25, 0.3) is 11.3 Å². The van der Waals surface area contributed by atoms with E-state index in [0.717, 1.165) is 9.13 Å². The van der Waals surface area contributed by atoms with E-state index in [1.807, 2.05) is 0 Å². The summed E-state index contributed by atoms with van der Waals surface area (Å²) < 4.78 is 15.8. The first-order valence-electron chi connectivity index (χ1n) is 9.17. The predicted octanol–water partition coefficient (Wildman–Crippen LogP) is 1.68. The number of aromatic nitrogens is 3. The number of aliphatic imine (C=N–C) groups is 1. The molecule has 0 unspecified atom stereocenters. The largest absolute Gasteiger partial charge is 0.384 e. The molecular weight excluding hydrogens is 423 g/mol. The summed E-state index contributed by atoms with van der Waals surface area (Å²) >= 11 is 1.19. The molecule has 31 heavy (non-hydrogen) atoms. The number of thiazole rings is 1. The number of hydrogen-bond donors (Lipinski definition) is 2. The van der Waals surface area contributed by atoms with Gasteiger partial charge < -0.3 is 11.1 Å². The van der Waals surface area contributed by atoms with Gasteiger partial charge in [0.15, 0.2) is 5.13 Å². The molecule has 0 aliphatic heterocycles. The number of carbonyl (C=O) groups excluding carboxylic acids is 1. The Hall–Kier alpha value is -3.60. The van der Waals surface area contributed by atoms with Crippen molar-refractivity contribution < 1.29 is 9.18 Å². The molecule has 1 amide bonds. The molecule has 0 fully saturated rings. The van der Waals surface area contributed by atoms with E-state index < -0.39 is 17.2 Å². The Balaban J connectivity index is 1.81. The van der Waals surface area contributed by atoms with E-state index >= 15 is 0 Å². The van der Waals surface area contributed by atoms with Gasteiger partial charge in [-0.25, -0.2) is 14.2 Å². The molecule has 0 aliphatic rings. The number of nitrogens with one attached hydrogen (secondary N) is 1. The van der Waals surface area contributed by atoms with Crippen LogP contribution in [0.4, 0.5) is 15.3 Å². The summed E-state index contributed by atoms with van der Waals surface area (Å²) in [5, 5.41) is 4.67. The van der Waals surface area contributed by atoms with Gasteiger partial charge in [-0.2, -0.15) is 0 Å². The van der Waals surface area contributed by atoms with Gasteiger partial charge in [0.25, 0.3) is 5.56 Å². The van der Waals surface area contributed by atoms with Crippen molar-refractivity contribution in [2.75, 3.05) is 18.1 Å². The van der Waals surface area contributed by atoms with Crippen LogP contribution in [0.2, 0.25) is 0 Å². The van der Waals surface area contributed by atoms with Gasteiger partial charge in [0.1, 0.15) is 17.2 Å². The molecule has 162 valence electrons. The van der Waals surface area contributed by atoms with Gasteiger partial charge in [0, 0.05) is 32.1 Å². The summed E-state index contributed by atoms with van der Waals surface area (Å²) in [6.07, 6.45) is -0.248. The molecule has 3 rings (SSSR count). The Morgan fingerprint density at radius 1 is 1.29 bits per heavy atom. The monoisotopic (exact) mass is 444 g/mol. The van der Waals surface area contributed by atoms with E-state index in [2.05, 4.69) is 15.3 Å². The first kappa shape index (κ1) is 22.1. The quantitative estimate of drug-likeness (QED) is 0.580. The lowest BCUT2D eigenvalue weighted by Gasteiger charge is -2.13. The third kappa shape index (κ3) is 4.31. The van der Waals surface area contributed by atoms with Gasteiger partial charge in [-0.1, -0.05) is 12.1 Å². The lowest BCUT2D eigenvalue weighted by atomic mass is 10.1. The predicted molar refractivity (Wildman–Crippen MR) is 119 cm³/mol.